The monoisotopic (exact) mass is 400 g/mol. The molecule has 0 fully saturated rings. The number of ether oxygens (including phenoxy) is 1. The fourth-order valence-electron chi connectivity index (χ4n) is 3.19. The van der Waals surface area contributed by atoms with Gasteiger partial charge in [0.2, 0.25) is 11.8 Å². The van der Waals surface area contributed by atoms with E-state index in [4.69, 9.17) is 33.7 Å². The Kier molecular flexibility index (Phi) is 4.27. The van der Waals surface area contributed by atoms with E-state index in [0.717, 1.165) is 0 Å². The molecule has 27 heavy (non-hydrogen) atoms. The van der Waals surface area contributed by atoms with Crippen molar-refractivity contribution >= 4 is 23.2 Å². The van der Waals surface area contributed by atoms with Crippen LogP contribution in [-0.4, -0.2) is 10.2 Å². The van der Waals surface area contributed by atoms with Crippen LogP contribution in [0.4, 0.5) is 4.39 Å². The van der Waals surface area contributed by atoms with Crippen molar-refractivity contribution in [3.63, 3.8) is 0 Å². The summed E-state index contributed by atoms with van der Waals surface area (Å²) < 4.78 is 20.2. The summed E-state index contributed by atoms with van der Waals surface area (Å²) in [5, 5.41) is 17.3. The first kappa shape index (κ1) is 17.4. The number of allylic oxidation sites excluding steroid dienone is 1. The molecule has 5 nitrogen and oxygen atoms in total. The van der Waals surface area contributed by atoms with Gasteiger partial charge in [-0.25, -0.2) is 4.39 Å². The van der Waals surface area contributed by atoms with Crippen molar-refractivity contribution in [3.05, 3.63) is 80.9 Å². The fraction of sp³-hybridized carbons (Fsp3) is 0.0526. The number of nitrogens with one attached hydrogen (secondary N) is 1. The Morgan fingerprint density at radius 3 is 2.56 bits per heavy atom. The lowest BCUT2D eigenvalue weighted by Crippen LogP contribution is -2.21. The average Bonchev–Trinajstić information content (AvgIpc) is 3.05. The molecule has 134 valence electrons. The number of fused-ring (bicyclic) bond motifs is 1. The molecular weight excluding hydrogens is 390 g/mol. The first-order chi connectivity index (χ1) is 13.0. The predicted molar refractivity (Wildman–Crippen MR) is 99.7 cm³/mol. The molecule has 0 bridgehead atoms. The molecule has 1 aromatic heterocycles. The highest BCUT2D eigenvalue weighted by molar-refractivity contribution is 6.33. The number of nitrogens with zero attached hydrogens (tertiary/aromatic N) is 2. The molecule has 0 radical (unpaired) electrons. The second kappa shape index (κ2) is 6.62. The lowest BCUT2D eigenvalue weighted by atomic mass is 9.82. The standard InChI is InChI=1S/C19H11Cl2FN4O/c20-11-5-2-1-4-9(11)17-16-14(15-12(21)6-3-7-13(15)22)10(8-23)18(24)27-19(16)26-25-17/h1-7,14H,24H2,(H,25,26). The van der Waals surface area contributed by atoms with Gasteiger partial charge in [-0.1, -0.05) is 47.5 Å². The molecule has 3 N–H and O–H groups in total. The Morgan fingerprint density at radius 2 is 1.85 bits per heavy atom. The number of hydrogen-bond acceptors (Lipinski definition) is 4. The number of rotatable bonds is 2. The molecule has 1 unspecified atom stereocenters. The van der Waals surface area contributed by atoms with E-state index in [1.54, 1.807) is 30.3 Å². The highest BCUT2D eigenvalue weighted by Gasteiger charge is 2.38. The van der Waals surface area contributed by atoms with E-state index in [0.29, 0.717) is 21.8 Å². The number of nitrogens with two attached hydrogens (primary N) is 1. The van der Waals surface area contributed by atoms with Gasteiger partial charge in [-0.2, -0.15) is 5.26 Å². The molecule has 0 aliphatic carbocycles. The van der Waals surface area contributed by atoms with Crippen LogP contribution in [0.5, 0.6) is 5.88 Å². The third kappa shape index (κ3) is 2.72. The van der Waals surface area contributed by atoms with Crippen LogP contribution in [-0.2, 0) is 0 Å². The molecule has 1 aliphatic rings. The SMILES string of the molecule is N#CC1=C(N)Oc2n[nH]c(-c3ccccc3Cl)c2C1c1c(F)cccc1Cl. The van der Waals surface area contributed by atoms with Crippen molar-refractivity contribution in [1.29, 1.82) is 5.26 Å². The Morgan fingerprint density at radius 1 is 1.11 bits per heavy atom. The minimum absolute atomic E-state index is 0.0456. The van der Waals surface area contributed by atoms with Crippen LogP contribution in [0.3, 0.4) is 0 Å². The van der Waals surface area contributed by atoms with E-state index < -0.39 is 11.7 Å². The number of halogens is 3. The molecule has 3 aromatic rings. The Hall–Kier alpha value is -3.01. The third-order valence-corrected chi connectivity index (χ3v) is 5.03. The van der Waals surface area contributed by atoms with Gasteiger partial charge in [0.1, 0.15) is 17.5 Å². The minimum Gasteiger partial charge on any atom is -0.420 e. The summed E-state index contributed by atoms with van der Waals surface area (Å²) in [5.74, 6) is -1.46. The quantitative estimate of drug-likeness (QED) is 0.649. The number of benzene rings is 2. The van der Waals surface area contributed by atoms with E-state index in [9.17, 15) is 9.65 Å². The number of hydrogen-bond donors (Lipinski definition) is 2. The van der Waals surface area contributed by atoms with Gasteiger partial charge in [0, 0.05) is 21.2 Å². The lowest BCUT2D eigenvalue weighted by Gasteiger charge is -2.25. The molecule has 8 heteroatoms. The first-order valence-electron chi connectivity index (χ1n) is 7.87. The highest BCUT2D eigenvalue weighted by atomic mass is 35.5. The second-order valence-corrected chi connectivity index (χ2v) is 6.67. The molecule has 2 aromatic carbocycles. The third-order valence-electron chi connectivity index (χ3n) is 4.37. The summed E-state index contributed by atoms with van der Waals surface area (Å²) in [6.07, 6.45) is 0. The number of aromatic amines is 1. The fourth-order valence-corrected chi connectivity index (χ4v) is 3.69. The maximum Gasteiger partial charge on any atom is 0.244 e. The summed E-state index contributed by atoms with van der Waals surface area (Å²) in [4.78, 5) is 0. The second-order valence-electron chi connectivity index (χ2n) is 5.86. The van der Waals surface area contributed by atoms with Crippen molar-refractivity contribution in [2.45, 2.75) is 5.92 Å². The Balaban J connectivity index is 2.04. The summed E-state index contributed by atoms with van der Waals surface area (Å²) in [7, 11) is 0. The number of nitriles is 1. The van der Waals surface area contributed by atoms with Crippen molar-refractivity contribution in [3.8, 4) is 23.2 Å². The number of H-pyrrole nitrogens is 1. The smallest absolute Gasteiger partial charge is 0.244 e. The van der Waals surface area contributed by atoms with Gasteiger partial charge in [-0.05, 0) is 18.2 Å². The van der Waals surface area contributed by atoms with Crippen LogP contribution in [0.2, 0.25) is 10.0 Å². The Labute approximate surface area is 163 Å². The van der Waals surface area contributed by atoms with Crippen LogP contribution in [0.25, 0.3) is 11.3 Å². The van der Waals surface area contributed by atoms with Crippen LogP contribution < -0.4 is 10.5 Å². The summed E-state index contributed by atoms with van der Waals surface area (Å²) in [6, 6.07) is 13.4. The normalized spacial score (nSPS) is 15.9. The molecule has 1 aliphatic heterocycles. The van der Waals surface area contributed by atoms with E-state index in [1.165, 1.54) is 12.1 Å². The van der Waals surface area contributed by atoms with Crippen LogP contribution >= 0.6 is 23.2 Å². The van der Waals surface area contributed by atoms with Gasteiger partial charge in [-0.15, -0.1) is 5.10 Å². The van der Waals surface area contributed by atoms with Gasteiger partial charge in [-0.3, -0.25) is 5.10 Å². The van der Waals surface area contributed by atoms with E-state index in [-0.39, 0.29) is 27.9 Å². The summed E-state index contributed by atoms with van der Waals surface area (Å²) >= 11 is 12.6. The van der Waals surface area contributed by atoms with Gasteiger partial charge < -0.3 is 10.5 Å². The lowest BCUT2D eigenvalue weighted by molar-refractivity contribution is 0.378. The van der Waals surface area contributed by atoms with Crippen LogP contribution in [0.1, 0.15) is 17.0 Å². The minimum atomic E-state index is -0.891. The maximum absolute atomic E-state index is 14.7. The van der Waals surface area contributed by atoms with Gasteiger partial charge in [0.05, 0.1) is 17.2 Å². The predicted octanol–water partition coefficient (Wildman–Crippen LogP) is 4.74. The molecule has 1 atom stereocenters. The van der Waals surface area contributed by atoms with Crippen LogP contribution in [0.15, 0.2) is 53.9 Å². The van der Waals surface area contributed by atoms with Crippen LogP contribution in [0, 0.1) is 17.1 Å². The molecule has 4 rings (SSSR count). The average molecular weight is 401 g/mol. The van der Waals surface area contributed by atoms with Crippen molar-refractivity contribution < 1.29 is 9.13 Å². The highest BCUT2D eigenvalue weighted by Crippen LogP contribution is 2.48. The van der Waals surface area contributed by atoms with Gasteiger partial charge >= 0.3 is 0 Å². The van der Waals surface area contributed by atoms with Crippen molar-refractivity contribution in [2.24, 2.45) is 5.73 Å². The zero-order valence-electron chi connectivity index (χ0n) is 13.6. The Bertz CT molecular complexity index is 1110. The molecule has 0 saturated heterocycles. The van der Waals surface area contributed by atoms with Gasteiger partial charge in [0.25, 0.3) is 0 Å². The van der Waals surface area contributed by atoms with Crippen molar-refractivity contribution in [1.82, 2.24) is 10.2 Å². The van der Waals surface area contributed by atoms with E-state index >= 15 is 0 Å². The molecule has 0 spiro atoms. The molecular formula is C19H11Cl2FN4O. The topological polar surface area (TPSA) is 87.7 Å². The molecule has 0 saturated carbocycles. The summed E-state index contributed by atoms with van der Waals surface area (Å²) in [6.45, 7) is 0. The van der Waals surface area contributed by atoms with E-state index in [2.05, 4.69) is 10.2 Å². The van der Waals surface area contributed by atoms with E-state index in [1.807, 2.05) is 6.07 Å². The summed E-state index contributed by atoms with van der Waals surface area (Å²) in [5.41, 5.74) is 7.64. The largest absolute Gasteiger partial charge is 0.420 e. The number of aromatic nitrogens is 2. The molecule has 2 heterocycles. The van der Waals surface area contributed by atoms with Gasteiger partial charge in [0.15, 0.2) is 0 Å². The zero-order chi connectivity index (χ0) is 19.1. The first-order valence-corrected chi connectivity index (χ1v) is 8.63. The molecule has 0 amide bonds. The van der Waals surface area contributed by atoms with Crippen molar-refractivity contribution in [2.75, 3.05) is 0 Å². The maximum atomic E-state index is 14.7. The zero-order valence-corrected chi connectivity index (χ0v) is 15.1.